The molecule has 3 rings (SSSR count). The Morgan fingerprint density at radius 3 is 2.95 bits per heavy atom. The van der Waals surface area contributed by atoms with E-state index in [2.05, 4.69) is 5.32 Å². The quantitative estimate of drug-likeness (QED) is 0.891. The van der Waals surface area contributed by atoms with Gasteiger partial charge in [-0.05, 0) is 56.2 Å². The molecule has 20 heavy (non-hydrogen) atoms. The third-order valence-corrected chi connectivity index (χ3v) is 5.51. The third-order valence-electron chi connectivity index (χ3n) is 4.52. The fourth-order valence-corrected chi connectivity index (χ4v) is 4.46. The molecule has 2 fully saturated rings. The van der Waals surface area contributed by atoms with Crippen LogP contribution >= 0.6 is 11.8 Å². The van der Waals surface area contributed by atoms with Gasteiger partial charge in [0.2, 0.25) is 0 Å². The predicted octanol–water partition coefficient (Wildman–Crippen LogP) is 3.99. The summed E-state index contributed by atoms with van der Waals surface area (Å²) in [4.78, 5) is 0. The Kier molecular flexibility index (Phi) is 4.22. The summed E-state index contributed by atoms with van der Waals surface area (Å²) in [5, 5.41) is 3.53. The summed E-state index contributed by atoms with van der Waals surface area (Å²) in [5.74, 6) is 2.27. The minimum atomic E-state index is -0.133. The van der Waals surface area contributed by atoms with Crippen LogP contribution in [0.15, 0.2) is 18.2 Å². The van der Waals surface area contributed by atoms with Crippen LogP contribution in [0.1, 0.15) is 31.2 Å². The molecule has 1 aromatic carbocycles. The molecule has 1 spiro atoms. The van der Waals surface area contributed by atoms with Crippen molar-refractivity contribution >= 4 is 17.4 Å². The van der Waals surface area contributed by atoms with Crippen LogP contribution in [0, 0.1) is 12.7 Å². The second-order valence-corrected chi connectivity index (χ2v) is 7.12. The van der Waals surface area contributed by atoms with E-state index in [0.717, 1.165) is 38.0 Å². The highest BCUT2D eigenvalue weighted by Crippen LogP contribution is 2.38. The predicted molar refractivity (Wildman–Crippen MR) is 83.0 cm³/mol. The summed E-state index contributed by atoms with van der Waals surface area (Å²) in [5.41, 5.74) is 1.71. The summed E-state index contributed by atoms with van der Waals surface area (Å²) in [6.45, 7) is 2.65. The average Bonchev–Trinajstić information content (AvgIpc) is 2.45. The minimum absolute atomic E-state index is 0.0718. The molecular weight excluding hydrogens is 273 g/mol. The molecule has 0 saturated carbocycles. The monoisotopic (exact) mass is 295 g/mol. The molecule has 110 valence electrons. The Balaban J connectivity index is 1.69. The van der Waals surface area contributed by atoms with Gasteiger partial charge >= 0.3 is 0 Å². The van der Waals surface area contributed by atoms with Crippen LogP contribution in [0.4, 0.5) is 10.1 Å². The number of hydrogen-bond acceptors (Lipinski definition) is 3. The molecule has 2 saturated heterocycles. The average molecular weight is 295 g/mol. The van der Waals surface area contributed by atoms with Gasteiger partial charge in [0.15, 0.2) is 0 Å². The number of nitrogens with one attached hydrogen (secondary N) is 1. The summed E-state index contributed by atoms with van der Waals surface area (Å²) >= 11 is 2.02. The van der Waals surface area contributed by atoms with Crippen LogP contribution in [0.5, 0.6) is 0 Å². The van der Waals surface area contributed by atoms with Gasteiger partial charge in [-0.2, -0.15) is 11.8 Å². The highest BCUT2D eigenvalue weighted by molar-refractivity contribution is 7.99. The lowest BCUT2D eigenvalue weighted by Crippen LogP contribution is -2.46. The first-order valence-corrected chi connectivity index (χ1v) is 8.57. The summed E-state index contributed by atoms with van der Waals surface area (Å²) < 4.78 is 19.7. The fourth-order valence-electron chi connectivity index (χ4n) is 3.23. The highest BCUT2D eigenvalue weighted by atomic mass is 32.2. The van der Waals surface area contributed by atoms with E-state index in [0.29, 0.717) is 11.6 Å². The largest absolute Gasteiger partial charge is 0.382 e. The Labute approximate surface area is 124 Å². The molecular formula is C16H22FNOS. The van der Waals surface area contributed by atoms with E-state index < -0.39 is 0 Å². The van der Waals surface area contributed by atoms with Crippen LogP contribution in [-0.4, -0.2) is 29.8 Å². The maximum atomic E-state index is 13.6. The molecule has 2 heterocycles. The molecule has 4 heteroatoms. The van der Waals surface area contributed by atoms with Crippen LogP contribution in [0.3, 0.4) is 0 Å². The standard InChI is InChI=1S/C16H22FNOS/c1-12-14(17)3-2-4-15(12)18-13-5-8-19-16(11-13)6-9-20-10-7-16/h2-4,13,18H,5-11H2,1H3. The van der Waals surface area contributed by atoms with Crippen molar-refractivity contribution in [3.63, 3.8) is 0 Å². The lowest BCUT2D eigenvalue weighted by Gasteiger charge is -2.43. The first-order valence-electron chi connectivity index (χ1n) is 7.42. The number of ether oxygens (including phenoxy) is 1. The second kappa shape index (κ2) is 5.94. The van der Waals surface area contributed by atoms with Crippen molar-refractivity contribution in [2.75, 3.05) is 23.4 Å². The van der Waals surface area contributed by atoms with E-state index in [4.69, 9.17) is 4.74 Å². The molecule has 2 aliphatic rings. The van der Waals surface area contributed by atoms with E-state index in [1.54, 1.807) is 6.07 Å². The lowest BCUT2D eigenvalue weighted by atomic mass is 9.85. The lowest BCUT2D eigenvalue weighted by molar-refractivity contribution is -0.0865. The molecule has 2 aliphatic heterocycles. The molecule has 0 radical (unpaired) electrons. The van der Waals surface area contributed by atoms with E-state index in [9.17, 15) is 4.39 Å². The van der Waals surface area contributed by atoms with Crippen LogP contribution in [-0.2, 0) is 4.74 Å². The Morgan fingerprint density at radius 1 is 1.35 bits per heavy atom. The normalized spacial score (nSPS) is 25.6. The maximum Gasteiger partial charge on any atom is 0.128 e. The number of rotatable bonds is 2. The number of halogens is 1. The van der Waals surface area contributed by atoms with Crippen LogP contribution in [0.25, 0.3) is 0 Å². The Hall–Kier alpha value is -0.740. The molecule has 1 N–H and O–H groups in total. The first-order chi connectivity index (χ1) is 9.69. The van der Waals surface area contributed by atoms with Crippen molar-refractivity contribution in [3.8, 4) is 0 Å². The van der Waals surface area contributed by atoms with Crippen molar-refractivity contribution < 1.29 is 9.13 Å². The Bertz CT molecular complexity index is 468. The second-order valence-electron chi connectivity index (χ2n) is 5.89. The topological polar surface area (TPSA) is 21.3 Å². The van der Waals surface area contributed by atoms with Gasteiger partial charge in [0, 0.05) is 23.9 Å². The van der Waals surface area contributed by atoms with Crippen molar-refractivity contribution in [1.29, 1.82) is 0 Å². The van der Waals surface area contributed by atoms with Gasteiger partial charge in [0.05, 0.1) is 5.60 Å². The first kappa shape index (κ1) is 14.2. The summed E-state index contributed by atoms with van der Waals surface area (Å²) in [6, 6.07) is 5.66. The molecule has 1 aromatic rings. The van der Waals surface area contributed by atoms with Crippen molar-refractivity contribution in [1.82, 2.24) is 0 Å². The van der Waals surface area contributed by atoms with E-state index in [1.807, 2.05) is 24.8 Å². The van der Waals surface area contributed by atoms with Crippen molar-refractivity contribution in [2.45, 2.75) is 44.2 Å². The maximum absolute atomic E-state index is 13.6. The number of anilines is 1. The van der Waals surface area contributed by atoms with Gasteiger partial charge in [0.25, 0.3) is 0 Å². The number of hydrogen-bond donors (Lipinski definition) is 1. The molecule has 1 atom stereocenters. The van der Waals surface area contributed by atoms with Crippen molar-refractivity contribution in [2.24, 2.45) is 0 Å². The zero-order chi connectivity index (χ0) is 14.0. The fraction of sp³-hybridized carbons (Fsp3) is 0.625. The minimum Gasteiger partial charge on any atom is -0.382 e. The van der Waals surface area contributed by atoms with E-state index >= 15 is 0 Å². The van der Waals surface area contributed by atoms with Crippen molar-refractivity contribution in [3.05, 3.63) is 29.6 Å². The smallest absolute Gasteiger partial charge is 0.128 e. The van der Waals surface area contributed by atoms with Gasteiger partial charge in [-0.3, -0.25) is 0 Å². The zero-order valence-corrected chi connectivity index (χ0v) is 12.8. The van der Waals surface area contributed by atoms with E-state index in [-0.39, 0.29) is 11.4 Å². The van der Waals surface area contributed by atoms with E-state index in [1.165, 1.54) is 17.6 Å². The molecule has 2 nitrogen and oxygen atoms in total. The number of thioether (sulfide) groups is 1. The van der Waals surface area contributed by atoms with Gasteiger partial charge in [-0.1, -0.05) is 6.07 Å². The molecule has 0 aliphatic carbocycles. The molecule has 0 amide bonds. The van der Waals surface area contributed by atoms with Gasteiger partial charge < -0.3 is 10.1 Å². The zero-order valence-electron chi connectivity index (χ0n) is 12.0. The van der Waals surface area contributed by atoms with Gasteiger partial charge in [-0.15, -0.1) is 0 Å². The van der Waals surface area contributed by atoms with Gasteiger partial charge in [0.1, 0.15) is 5.82 Å². The third kappa shape index (κ3) is 2.96. The number of benzene rings is 1. The molecule has 0 aromatic heterocycles. The summed E-state index contributed by atoms with van der Waals surface area (Å²) in [7, 11) is 0. The highest BCUT2D eigenvalue weighted by Gasteiger charge is 2.38. The SMILES string of the molecule is Cc1c(F)cccc1NC1CCOC2(CCSCC2)C1. The van der Waals surface area contributed by atoms with Crippen LogP contribution < -0.4 is 5.32 Å². The molecule has 0 bridgehead atoms. The summed E-state index contributed by atoms with van der Waals surface area (Å²) in [6.07, 6.45) is 4.35. The Morgan fingerprint density at radius 2 is 2.15 bits per heavy atom. The van der Waals surface area contributed by atoms with Gasteiger partial charge in [-0.25, -0.2) is 4.39 Å². The molecule has 1 unspecified atom stereocenters. The van der Waals surface area contributed by atoms with Crippen LogP contribution in [0.2, 0.25) is 0 Å².